The van der Waals surface area contributed by atoms with E-state index < -0.39 is 10.0 Å². The molecule has 3 nitrogen and oxygen atoms in total. The standard InChI is InChI=1S/C8H11BrClNO2S2/c1-6(10)2-4-11-15(12,13)8-7(9)3-5-14-8/h3,5-6,11H,2,4H2,1H3. The van der Waals surface area contributed by atoms with Gasteiger partial charge in [0, 0.05) is 16.4 Å². The number of rotatable bonds is 5. The SMILES string of the molecule is CC(Cl)CCNS(=O)(=O)c1sccc1Br. The van der Waals surface area contributed by atoms with Gasteiger partial charge < -0.3 is 0 Å². The van der Waals surface area contributed by atoms with Gasteiger partial charge >= 0.3 is 0 Å². The van der Waals surface area contributed by atoms with Gasteiger partial charge in [0.1, 0.15) is 4.21 Å². The van der Waals surface area contributed by atoms with Crippen molar-refractivity contribution in [1.82, 2.24) is 4.72 Å². The maximum Gasteiger partial charge on any atom is 0.251 e. The molecule has 0 aliphatic heterocycles. The highest BCUT2D eigenvalue weighted by Crippen LogP contribution is 2.27. The number of halogens is 2. The predicted octanol–water partition coefficient (Wildman–Crippen LogP) is 2.81. The normalized spacial score (nSPS) is 14.1. The molecule has 1 rings (SSSR count). The van der Waals surface area contributed by atoms with Gasteiger partial charge in [0.2, 0.25) is 0 Å². The molecule has 0 amide bonds. The second kappa shape index (κ2) is 5.63. The van der Waals surface area contributed by atoms with Crippen molar-refractivity contribution in [3.8, 4) is 0 Å². The highest BCUT2D eigenvalue weighted by Gasteiger charge is 2.18. The first-order valence-corrected chi connectivity index (χ1v) is 7.89. The summed E-state index contributed by atoms with van der Waals surface area (Å²) in [5, 5.41) is 1.70. The fraction of sp³-hybridized carbons (Fsp3) is 0.500. The Hall–Kier alpha value is 0.380. The topological polar surface area (TPSA) is 46.2 Å². The monoisotopic (exact) mass is 331 g/mol. The van der Waals surface area contributed by atoms with E-state index >= 15 is 0 Å². The van der Waals surface area contributed by atoms with Crippen LogP contribution >= 0.6 is 38.9 Å². The molecular weight excluding hydrogens is 322 g/mol. The van der Waals surface area contributed by atoms with Crippen molar-refractivity contribution in [3.05, 3.63) is 15.9 Å². The van der Waals surface area contributed by atoms with Crippen molar-refractivity contribution in [3.63, 3.8) is 0 Å². The van der Waals surface area contributed by atoms with Crippen molar-refractivity contribution < 1.29 is 8.42 Å². The summed E-state index contributed by atoms with van der Waals surface area (Å²) in [6.45, 7) is 2.19. The summed E-state index contributed by atoms with van der Waals surface area (Å²) in [5.74, 6) is 0. The van der Waals surface area contributed by atoms with E-state index in [-0.39, 0.29) is 5.38 Å². The van der Waals surface area contributed by atoms with Gasteiger partial charge in [-0.1, -0.05) is 0 Å². The van der Waals surface area contributed by atoms with Gasteiger partial charge in [0.15, 0.2) is 0 Å². The second-order valence-electron chi connectivity index (χ2n) is 3.02. The van der Waals surface area contributed by atoms with Crippen LogP contribution in [-0.4, -0.2) is 20.3 Å². The maximum absolute atomic E-state index is 11.7. The van der Waals surface area contributed by atoms with E-state index in [2.05, 4.69) is 20.7 Å². The van der Waals surface area contributed by atoms with Crippen LogP contribution in [0.15, 0.2) is 20.1 Å². The molecule has 0 aliphatic carbocycles. The van der Waals surface area contributed by atoms with Gasteiger partial charge in [-0.05, 0) is 40.7 Å². The molecule has 0 bridgehead atoms. The van der Waals surface area contributed by atoms with Gasteiger partial charge in [0.05, 0.1) is 0 Å². The lowest BCUT2D eigenvalue weighted by Gasteiger charge is -2.06. The van der Waals surface area contributed by atoms with E-state index in [0.717, 1.165) is 0 Å². The third-order valence-electron chi connectivity index (χ3n) is 1.66. The molecule has 0 aromatic carbocycles. The Kier molecular flexibility index (Phi) is 5.05. The fourth-order valence-electron chi connectivity index (χ4n) is 0.929. The number of alkyl halides is 1. The molecule has 1 N–H and O–H groups in total. The molecule has 7 heteroatoms. The Morgan fingerprint density at radius 2 is 2.33 bits per heavy atom. The Labute approximate surface area is 107 Å². The Bertz CT molecular complexity index is 416. The minimum atomic E-state index is -3.38. The lowest BCUT2D eigenvalue weighted by atomic mass is 10.3. The Balaban J connectivity index is 2.65. The summed E-state index contributed by atoms with van der Waals surface area (Å²) in [7, 11) is -3.38. The summed E-state index contributed by atoms with van der Waals surface area (Å²) >= 11 is 10.1. The fourth-order valence-corrected chi connectivity index (χ4v) is 4.47. The molecule has 1 unspecified atom stereocenters. The molecule has 0 spiro atoms. The van der Waals surface area contributed by atoms with E-state index in [1.165, 1.54) is 11.3 Å². The molecular formula is C8H11BrClNO2S2. The quantitative estimate of drug-likeness (QED) is 0.843. The van der Waals surface area contributed by atoms with Crippen LogP contribution in [0, 0.1) is 0 Å². The molecule has 0 aliphatic rings. The summed E-state index contributed by atoms with van der Waals surface area (Å²) in [6, 6.07) is 1.71. The first kappa shape index (κ1) is 13.4. The number of sulfonamides is 1. The zero-order chi connectivity index (χ0) is 11.5. The van der Waals surface area contributed by atoms with Crippen molar-refractivity contribution in [1.29, 1.82) is 0 Å². The van der Waals surface area contributed by atoms with Crippen LogP contribution in [0.25, 0.3) is 0 Å². The van der Waals surface area contributed by atoms with E-state index in [4.69, 9.17) is 11.6 Å². The van der Waals surface area contributed by atoms with Crippen LogP contribution in [0.3, 0.4) is 0 Å². The number of hydrogen-bond acceptors (Lipinski definition) is 3. The van der Waals surface area contributed by atoms with Gasteiger partial charge in [-0.3, -0.25) is 0 Å². The zero-order valence-corrected chi connectivity index (χ0v) is 12.0. The summed E-state index contributed by atoms with van der Waals surface area (Å²) in [5.41, 5.74) is 0. The predicted molar refractivity (Wildman–Crippen MR) is 67.1 cm³/mol. The Morgan fingerprint density at radius 3 is 2.80 bits per heavy atom. The van der Waals surface area contributed by atoms with E-state index in [0.29, 0.717) is 21.6 Å². The van der Waals surface area contributed by atoms with Gasteiger partial charge in [-0.15, -0.1) is 22.9 Å². The van der Waals surface area contributed by atoms with Crippen LogP contribution < -0.4 is 4.72 Å². The minimum absolute atomic E-state index is 0.0283. The third kappa shape index (κ3) is 4.03. The van der Waals surface area contributed by atoms with Crippen molar-refractivity contribution >= 4 is 48.9 Å². The zero-order valence-electron chi connectivity index (χ0n) is 8.04. The number of thiophene rings is 1. The molecule has 0 fully saturated rings. The molecule has 0 saturated heterocycles. The van der Waals surface area contributed by atoms with E-state index in [9.17, 15) is 8.42 Å². The third-order valence-corrected chi connectivity index (χ3v) is 6.01. The van der Waals surface area contributed by atoms with Crippen LogP contribution in [0.5, 0.6) is 0 Å². The lowest BCUT2D eigenvalue weighted by molar-refractivity contribution is 0.580. The molecule has 1 heterocycles. The van der Waals surface area contributed by atoms with Crippen LogP contribution in [-0.2, 0) is 10.0 Å². The van der Waals surface area contributed by atoms with E-state index in [1.54, 1.807) is 11.4 Å². The largest absolute Gasteiger partial charge is 0.251 e. The molecule has 1 aromatic rings. The molecule has 86 valence electrons. The highest BCUT2D eigenvalue weighted by atomic mass is 79.9. The first-order chi connectivity index (χ1) is 6.93. The summed E-state index contributed by atoms with van der Waals surface area (Å²) < 4.78 is 26.9. The molecule has 0 saturated carbocycles. The molecule has 1 atom stereocenters. The van der Waals surface area contributed by atoms with Crippen molar-refractivity contribution in [2.45, 2.75) is 22.9 Å². The van der Waals surface area contributed by atoms with Crippen LogP contribution in [0.4, 0.5) is 0 Å². The second-order valence-corrected chi connectivity index (χ2v) is 7.50. The van der Waals surface area contributed by atoms with Crippen LogP contribution in [0.2, 0.25) is 0 Å². The Morgan fingerprint density at radius 1 is 1.67 bits per heavy atom. The van der Waals surface area contributed by atoms with Crippen molar-refractivity contribution in [2.24, 2.45) is 0 Å². The molecule has 15 heavy (non-hydrogen) atoms. The number of hydrogen-bond donors (Lipinski definition) is 1. The average Bonchev–Trinajstić information content (AvgIpc) is 2.50. The van der Waals surface area contributed by atoms with Crippen LogP contribution in [0.1, 0.15) is 13.3 Å². The highest BCUT2D eigenvalue weighted by molar-refractivity contribution is 9.10. The van der Waals surface area contributed by atoms with Gasteiger partial charge in [0.25, 0.3) is 10.0 Å². The van der Waals surface area contributed by atoms with E-state index in [1.807, 2.05) is 6.92 Å². The van der Waals surface area contributed by atoms with Crippen molar-refractivity contribution in [2.75, 3.05) is 6.54 Å². The number of nitrogens with one attached hydrogen (secondary N) is 1. The minimum Gasteiger partial charge on any atom is -0.210 e. The summed E-state index contributed by atoms with van der Waals surface area (Å²) in [6.07, 6.45) is 0.615. The molecule has 0 radical (unpaired) electrons. The smallest absolute Gasteiger partial charge is 0.210 e. The maximum atomic E-state index is 11.7. The average molecular weight is 333 g/mol. The van der Waals surface area contributed by atoms with Gasteiger partial charge in [-0.25, -0.2) is 13.1 Å². The summed E-state index contributed by atoms with van der Waals surface area (Å²) in [4.78, 5) is 0. The molecule has 1 aromatic heterocycles. The lowest BCUT2D eigenvalue weighted by Crippen LogP contribution is -2.25. The van der Waals surface area contributed by atoms with Gasteiger partial charge in [-0.2, -0.15) is 0 Å². The first-order valence-electron chi connectivity index (χ1n) is 4.30.